The number of aromatic nitrogens is 2. The first kappa shape index (κ1) is 17.5. The molecule has 1 aromatic heterocycles. The first-order chi connectivity index (χ1) is 9.99. The second kappa shape index (κ2) is 8.63. The third-order valence-corrected chi connectivity index (χ3v) is 3.39. The number of aliphatic hydroxyl groups is 1. The molecule has 0 aromatic carbocycles. The van der Waals surface area contributed by atoms with Crippen molar-refractivity contribution in [3.05, 3.63) is 17.0 Å². The van der Waals surface area contributed by atoms with Gasteiger partial charge < -0.3 is 20.5 Å². The van der Waals surface area contributed by atoms with Gasteiger partial charge in [0, 0.05) is 38.1 Å². The van der Waals surface area contributed by atoms with Crippen molar-refractivity contribution in [3.8, 4) is 0 Å². The fourth-order valence-electron chi connectivity index (χ4n) is 1.95. The Morgan fingerprint density at radius 3 is 2.76 bits per heavy atom. The van der Waals surface area contributed by atoms with Gasteiger partial charge in [-0.3, -0.25) is 4.68 Å². The molecule has 120 valence electrons. The van der Waals surface area contributed by atoms with E-state index >= 15 is 0 Å². The van der Waals surface area contributed by atoms with Crippen LogP contribution < -0.4 is 10.6 Å². The van der Waals surface area contributed by atoms with Crippen LogP contribution in [0.25, 0.3) is 0 Å². The summed E-state index contributed by atoms with van der Waals surface area (Å²) in [5.74, 6) is 0.0519. The van der Waals surface area contributed by atoms with Gasteiger partial charge in [-0.1, -0.05) is 6.92 Å². The number of urea groups is 1. The summed E-state index contributed by atoms with van der Waals surface area (Å²) in [6.45, 7) is 8.03. The normalized spacial score (nSPS) is 12.2. The van der Waals surface area contributed by atoms with Crippen molar-refractivity contribution in [3.63, 3.8) is 0 Å². The van der Waals surface area contributed by atoms with Crippen molar-refractivity contribution >= 4 is 6.03 Å². The van der Waals surface area contributed by atoms with E-state index in [0.717, 1.165) is 17.0 Å². The summed E-state index contributed by atoms with van der Waals surface area (Å²) >= 11 is 0. The molecule has 0 saturated carbocycles. The van der Waals surface area contributed by atoms with Gasteiger partial charge in [0.05, 0.1) is 18.8 Å². The standard InChI is InChI=1S/C14H26N4O3/c1-10(9-19)7-15-14(20)16-8-13-11(2)17-18(12(13)3)5-6-21-4/h10,19H,5-9H2,1-4H3,(H2,15,16,20). The van der Waals surface area contributed by atoms with E-state index in [1.165, 1.54) is 0 Å². The largest absolute Gasteiger partial charge is 0.396 e. The van der Waals surface area contributed by atoms with Gasteiger partial charge in [-0.25, -0.2) is 4.79 Å². The average Bonchev–Trinajstić information content (AvgIpc) is 2.74. The number of carbonyl (C=O) groups excluding carboxylic acids is 1. The molecule has 7 nitrogen and oxygen atoms in total. The number of methoxy groups -OCH3 is 1. The summed E-state index contributed by atoms with van der Waals surface area (Å²) < 4.78 is 6.94. The minimum atomic E-state index is -0.237. The lowest BCUT2D eigenvalue weighted by atomic mass is 10.2. The molecule has 1 atom stereocenters. The number of nitrogens with one attached hydrogen (secondary N) is 2. The highest BCUT2D eigenvalue weighted by Crippen LogP contribution is 2.12. The predicted octanol–water partition coefficient (Wildman–Crippen LogP) is 0.574. The van der Waals surface area contributed by atoms with Crippen LogP contribution in [0, 0.1) is 19.8 Å². The maximum atomic E-state index is 11.7. The molecule has 1 aromatic rings. The monoisotopic (exact) mass is 298 g/mol. The van der Waals surface area contributed by atoms with Crippen LogP contribution in [0.4, 0.5) is 4.79 Å². The predicted molar refractivity (Wildman–Crippen MR) is 80.1 cm³/mol. The molecule has 0 aliphatic carbocycles. The molecule has 2 amide bonds. The summed E-state index contributed by atoms with van der Waals surface area (Å²) in [6.07, 6.45) is 0. The first-order valence-electron chi connectivity index (χ1n) is 7.14. The SMILES string of the molecule is COCCn1nc(C)c(CNC(=O)NCC(C)CO)c1C. The van der Waals surface area contributed by atoms with Crippen molar-refractivity contribution < 1.29 is 14.6 Å². The first-order valence-corrected chi connectivity index (χ1v) is 7.14. The molecule has 1 rings (SSSR count). The maximum Gasteiger partial charge on any atom is 0.315 e. The molecular formula is C14H26N4O3. The molecule has 0 bridgehead atoms. The Morgan fingerprint density at radius 1 is 1.43 bits per heavy atom. The zero-order valence-corrected chi connectivity index (χ0v) is 13.3. The van der Waals surface area contributed by atoms with Gasteiger partial charge in [0.25, 0.3) is 0 Å². The number of amides is 2. The summed E-state index contributed by atoms with van der Waals surface area (Å²) in [6, 6.07) is -0.237. The maximum absolute atomic E-state index is 11.7. The fourth-order valence-corrected chi connectivity index (χ4v) is 1.95. The molecule has 0 aliphatic heterocycles. The molecule has 0 spiro atoms. The van der Waals surface area contributed by atoms with Crippen molar-refractivity contribution in [1.82, 2.24) is 20.4 Å². The van der Waals surface area contributed by atoms with Crippen LogP contribution in [0.5, 0.6) is 0 Å². The summed E-state index contributed by atoms with van der Waals surface area (Å²) in [5.41, 5.74) is 2.97. The second-order valence-electron chi connectivity index (χ2n) is 5.22. The molecule has 0 saturated heterocycles. The van der Waals surface area contributed by atoms with Crippen LogP contribution in [0.3, 0.4) is 0 Å². The molecule has 0 aliphatic rings. The van der Waals surface area contributed by atoms with E-state index in [0.29, 0.717) is 26.2 Å². The van der Waals surface area contributed by atoms with Crippen molar-refractivity contribution in [2.75, 3.05) is 26.9 Å². The molecule has 0 radical (unpaired) electrons. The lowest BCUT2D eigenvalue weighted by Crippen LogP contribution is -2.38. The van der Waals surface area contributed by atoms with Gasteiger partial charge in [-0.05, 0) is 19.8 Å². The molecule has 0 fully saturated rings. The van der Waals surface area contributed by atoms with E-state index in [1.54, 1.807) is 7.11 Å². The number of nitrogens with zero attached hydrogens (tertiary/aromatic N) is 2. The van der Waals surface area contributed by atoms with E-state index in [-0.39, 0.29) is 18.6 Å². The molecule has 21 heavy (non-hydrogen) atoms. The van der Waals surface area contributed by atoms with Crippen molar-refractivity contribution in [1.29, 1.82) is 0 Å². The van der Waals surface area contributed by atoms with Gasteiger partial charge in [0.2, 0.25) is 0 Å². The van der Waals surface area contributed by atoms with Crippen LogP contribution in [0.2, 0.25) is 0 Å². The van der Waals surface area contributed by atoms with Gasteiger partial charge >= 0.3 is 6.03 Å². The molecule has 3 N–H and O–H groups in total. The third kappa shape index (κ3) is 5.35. The van der Waals surface area contributed by atoms with E-state index in [9.17, 15) is 4.79 Å². The van der Waals surface area contributed by atoms with E-state index in [2.05, 4.69) is 15.7 Å². The Hall–Kier alpha value is -1.60. The van der Waals surface area contributed by atoms with Gasteiger partial charge in [-0.2, -0.15) is 5.10 Å². The lowest BCUT2D eigenvalue weighted by Gasteiger charge is -2.11. The van der Waals surface area contributed by atoms with Gasteiger partial charge in [0.1, 0.15) is 0 Å². The number of rotatable bonds is 8. The number of carbonyl (C=O) groups is 1. The molecule has 1 unspecified atom stereocenters. The zero-order valence-electron chi connectivity index (χ0n) is 13.3. The minimum Gasteiger partial charge on any atom is -0.396 e. The quantitative estimate of drug-likeness (QED) is 0.655. The lowest BCUT2D eigenvalue weighted by molar-refractivity contribution is 0.182. The van der Waals surface area contributed by atoms with Crippen molar-refractivity contribution in [2.45, 2.75) is 33.9 Å². The Labute approximate surface area is 125 Å². The summed E-state index contributed by atoms with van der Waals surface area (Å²) in [4.78, 5) is 11.7. The van der Waals surface area contributed by atoms with E-state index < -0.39 is 0 Å². The number of ether oxygens (including phenoxy) is 1. The summed E-state index contributed by atoms with van der Waals surface area (Å²) in [7, 11) is 1.66. The van der Waals surface area contributed by atoms with Crippen LogP contribution in [0.15, 0.2) is 0 Å². The highest BCUT2D eigenvalue weighted by Gasteiger charge is 2.12. The molecule has 7 heteroatoms. The average molecular weight is 298 g/mol. The Morgan fingerprint density at radius 2 is 2.14 bits per heavy atom. The zero-order chi connectivity index (χ0) is 15.8. The number of hydrogen-bond donors (Lipinski definition) is 3. The van der Waals surface area contributed by atoms with Crippen LogP contribution in [-0.2, 0) is 17.8 Å². The number of hydrogen-bond acceptors (Lipinski definition) is 4. The number of aryl methyl sites for hydroxylation is 1. The topological polar surface area (TPSA) is 88.4 Å². The van der Waals surface area contributed by atoms with E-state index in [1.807, 2.05) is 25.5 Å². The molecular weight excluding hydrogens is 272 g/mol. The van der Waals surface area contributed by atoms with Gasteiger partial charge in [-0.15, -0.1) is 0 Å². The summed E-state index contributed by atoms with van der Waals surface area (Å²) in [5, 5.41) is 18.9. The van der Waals surface area contributed by atoms with Gasteiger partial charge in [0.15, 0.2) is 0 Å². The Kier molecular flexibility index (Phi) is 7.18. The smallest absolute Gasteiger partial charge is 0.315 e. The highest BCUT2D eigenvalue weighted by atomic mass is 16.5. The van der Waals surface area contributed by atoms with E-state index in [4.69, 9.17) is 9.84 Å². The highest BCUT2D eigenvalue weighted by molar-refractivity contribution is 5.73. The third-order valence-electron chi connectivity index (χ3n) is 3.39. The van der Waals surface area contributed by atoms with Crippen molar-refractivity contribution in [2.24, 2.45) is 5.92 Å². The Balaban J connectivity index is 2.51. The second-order valence-corrected chi connectivity index (χ2v) is 5.22. The van der Waals surface area contributed by atoms with Crippen LogP contribution in [-0.4, -0.2) is 47.8 Å². The van der Waals surface area contributed by atoms with Crippen LogP contribution >= 0.6 is 0 Å². The van der Waals surface area contributed by atoms with Crippen LogP contribution in [0.1, 0.15) is 23.9 Å². The number of aliphatic hydroxyl groups excluding tert-OH is 1. The minimum absolute atomic E-state index is 0.0519. The molecule has 1 heterocycles. The Bertz CT molecular complexity index is 459. The fraction of sp³-hybridized carbons (Fsp3) is 0.714.